The zero-order valence-electron chi connectivity index (χ0n) is 14.4. The molecule has 134 valence electrons. The van der Waals surface area contributed by atoms with Gasteiger partial charge in [-0.15, -0.1) is 24.0 Å². The zero-order chi connectivity index (χ0) is 16.9. The van der Waals surface area contributed by atoms with Gasteiger partial charge in [0, 0.05) is 20.0 Å². The molecule has 3 rings (SSSR count). The number of nitrogens with one attached hydrogen (secondary N) is 2. The fourth-order valence-electron chi connectivity index (χ4n) is 2.80. The van der Waals surface area contributed by atoms with Gasteiger partial charge in [-0.05, 0) is 35.7 Å². The largest absolute Gasteiger partial charge is 0.488 e. The van der Waals surface area contributed by atoms with E-state index in [9.17, 15) is 4.39 Å². The summed E-state index contributed by atoms with van der Waals surface area (Å²) in [7, 11) is 1.73. The van der Waals surface area contributed by atoms with Crippen molar-refractivity contribution in [2.45, 2.75) is 26.0 Å². The Morgan fingerprint density at radius 3 is 2.76 bits per heavy atom. The molecule has 1 unspecified atom stereocenters. The van der Waals surface area contributed by atoms with Crippen LogP contribution >= 0.6 is 24.0 Å². The van der Waals surface area contributed by atoms with Gasteiger partial charge in [-0.3, -0.25) is 4.99 Å². The first-order valence-electron chi connectivity index (χ1n) is 8.10. The highest BCUT2D eigenvalue weighted by Crippen LogP contribution is 2.27. The van der Waals surface area contributed by atoms with Crippen molar-refractivity contribution in [1.29, 1.82) is 0 Å². The van der Waals surface area contributed by atoms with Crippen molar-refractivity contribution < 1.29 is 9.13 Å². The van der Waals surface area contributed by atoms with Crippen LogP contribution in [0.15, 0.2) is 47.5 Å². The molecule has 0 bridgehead atoms. The fraction of sp³-hybridized carbons (Fsp3) is 0.316. The van der Waals surface area contributed by atoms with Crippen molar-refractivity contribution in [2.75, 3.05) is 13.6 Å². The molecule has 1 atom stereocenters. The lowest BCUT2D eigenvalue weighted by Crippen LogP contribution is -2.41. The summed E-state index contributed by atoms with van der Waals surface area (Å²) < 4.78 is 19.2. The molecule has 1 aliphatic heterocycles. The molecular weight excluding hydrogens is 432 g/mol. The number of ether oxygens (including phenoxy) is 1. The van der Waals surface area contributed by atoms with Crippen molar-refractivity contribution in [1.82, 2.24) is 10.6 Å². The number of rotatable bonds is 4. The standard InChI is InChI=1S/C19H22FN3O.HI/c1-13-9-14(7-8-17(13)20)11-22-19(21-2)23-12-16-10-15-5-3-4-6-18(15)24-16;/h3-9,16H,10-12H2,1-2H3,(H2,21,22,23);1H. The second kappa shape index (κ2) is 9.03. The van der Waals surface area contributed by atoms with Crippen LogP contribution in [-0.2, 0) is 13.0 Å². The van der Waals surface area contributed by atoms with Gasteiger partial charge >= 0.3 is 0 Å². The zero-order valence-corrected chi connectivity index (χ0v) is 16.7. The number of aliphatic imine (C=N–C) groups is 1. The number of halogens is 2. The van der Waals surface area contributed by atoms with Crippen molar-refractivity contribution in [3.63, 3.8) is 0 Å². The van der Waals surface area contributed by atoms with Gasteiger partial charge in [-0.1, -0.05) is 30.3 Å². The predicted octanol–water partition coefficient (Wildman–Crippen LogP) is 3.42. The van der Waals surface area contributed by atoms with Gasteiger partial charge in [-0.2, -0.15) is 0 Å². The lowest BCUT2D eigenvalue weighted by atomic mass is 10.1. The van der Waals surface area contributed by atoms with E-state index >= 15 is 0 Å². The van der Waals surface area contributed by atoms with Crippen LogP contribution in [-0.4, -0.2) is 25.7 Å². The molecule has 25 heavy (non-hydrogen) atoms. The fourth-order valence-corrected chi connectivity index (χ4v) is 2.80. The van der Waals surface area contributed by atoms with Crippen LogP contribution < -0.4 is 15.4 Å². The third-order valence-electron chi connectivity index (χ3n) is 4.12. The number of nitrogens with zero attached hydrogens (tertiary/aromatic N) is 1. The van der Waals surface area contributed by atoms with E-state index in [4.69, 9.17) is 4.74 Å². The van der Waals surface area contributed by atoms with Crippen molar-refractivity contribution in [2.24, 2.45) is 4.99 Å². The quantitative estimate of drug-likeness (QED) is 0.422. The van der Waals surface area contributed by atoms with E-state index in [0.717, 1.165) is 17.7 Å². The maximum Gasteiger partial charge on any atom is 0.191 e. The Labute approximate surface area is 164 Å². The number of guanidine groups is 1. The van der Waals surface area contributed by atoms with Crippen LogP contribution in [0.4, 0.5) is 4.39 Å². The number of benzene rings is 2. The smallest absolute Gasteiger partial charge is 0.191 e. The van der Waals surface area contributed by atoms with E-state index in [2.05, 4.69) is 21.7 Å². The van der Waals surface area contributed by atoms with Crippen LogP contribution in [0.25, 0.3) is 0 Å². The molecule has 2 aromatic rings. The van der Waals surface area contributed by atoms with Crippen molar-refractivity contribution in [3.8, 4) is 5.75 Å². The van der Waals surface area contributed by atoms with Crippen molar-refractivity contribution >= 4 is 29.9 Å². The van der Waals surface area contributed by atoms with E-state index in [-0.39, 0.29) is 35.9 Å². The molecule has 2 aromatic carbocycles. The Morgan fingerprint density at radius 1 is 1.24 bits per heavy atom. The topological polar surface area (TPSA) is 45.7 Å². The molecule has 1 heterocycles. The van der Waals surface area contributed by atoms with Crippen LogP contribution in [0.1, 0.15) is 16.7 Å². The number of hydrogen-bond donors (Lipinski definition) is 2. The third kappa shape index (κ3) is 5.07. The van der Waals surface area contributed by atoms with Crippen LogP contribution in [0.5, 0.6) is 5.75 Å². The number of hydrogen-bond acceptors (Lipinski definition) is 2. The van der Waals surface area contributed by atoms with E-state index < -0.39 is 0 Å². The average Bonchev–Trinajstić information content (AvgIpc) is 3.01. The average molecular weight is 455 g/mol. The summed E-state index contributed by atoms with van der Waals surface area (Å²) in [5.41, 5.74) is 2.91. The van der Waals surface area contributed by atoms with Crippen LogP contribution in [0.3, 0.4) is 0 Å². The second-order valence-electron chi connectivity index (χ2n) is 5.94. The van der Waals surface area contributed by atoms with Gasteiger partial charge in [0.2, 0.25) is 0 Å². The molecule has 0 aromatic heterocycles. The molecule has 4 nitrogen and oxygen atoms in total. The van der Waals surface area contributed by atoms with E-state index in [1.165, 1.54) is 11.6 Å². The highest BCUT2D eigenvalue weighted by atomic mass is 127. The molecule has 0 aliphatic carbocycles. The highest BCUT2D eigenvalue weighted by molar-refractivity contribution is 14.0. The molecule has 6 heteroatoms. The van der Waals surface area contributed by atoms with E-state index in [1.54, 1.807) is 20.0 Å². The maximum absolute atomic E-state index is 13.3. The number of aryl methyl sites for hydroxylation is 1. The van der Waals surface area contributed by atoms with Gasteiger partial charge in [0.1, 0.15) is 17.7 Å². The maximum atomic E-state index is 13.3. The first-order valence-corrected chi connectivity index (χ1v) is 8.10. The summed E-state index contributed by atoms with van der Waals surface area (Å²) in [5, 5.41) is 6.52. The molecule has 0 spiro atoms. The van der Waals surface area contributed by atoms with Gasteiger partial charge in [0.15, 0.2) is 5.96 Å². The Kier molecular flexibility index (Phi) is 7.04. The minimum Gasteiger partial charge on any atom is -0.488 e. The Balaban J connectivity index is 0.00000225. The summed E-state index contributed by atoms with van der Waals surface area (Å²) in [4.78, 5) is 4.22. The molecule has 2 N–H and O–H groups in total. The monoisotopic (exact) mass is 455 g/mol. The molecule has 0 radical (unpaired) electrons. The minimum atomic E-state index is -0.181. The summed E-state index contributed by atoms with van der Waals surface area (Å²) in [6, 6.07) is 13.2. The Bertz CT molecular complexity index is 726. The predicted molar refractivity (Wildman–Crippen MR) is 109 cm³/mol. The SMILES string of the molecule is CN=C(NCc1ccc(F)c(C)c1)NCC1Cc2ccccc2O1.I. The van der Waals surface area contributed by atoms with Crippen LogP contribution in [0, 0.1) is 12.7 Å². The van der Waals surface area contributed by atoms with Gasteiger partial charge in [0.05, 0.1) is 6.54 Å². The summed E-state index contributed by atoms with van der Waals surface area (Å²) in [5.74, 6) is 1.49. The molecule has 1 aliphatic rings. The normalized spacial score (nSPS) is 15.8. The molecule has 0 fully saturated rings. The van der Waals surface area contributed by atoms with E-state index in [0.29, 0.717) is 24.6 Å². The summed E-state index contributed by atoms with van der Waals surface area (Å²) in [6.45, 7) is 3.03. The summed E-state index contributed by atoms with van der Waals surface area (Å²) >= 11 is 0. The number of para-hydroxylation sites is 1. The van der Waals surface area contributed by atoms with Gasteiger partial charge in [0.25, 0.3) is 0 Å². The molecule has 0 amide bonds. The Hall–Kier alpha value is -1.83. The van der Waals surface area contributed by atoms with Gasteiger partial charge < -0.3 is 15.4 Å². The molecule has 0 saturated heterocycles. The Morgan fingerprint density at radius 2 is 2.04 bits per heavy atom. The van der Waals surface area contributed by atoms with E-state index in [1.807, 2.05) is 24.3 Å². The third-order valence-corrected chi connectivity index (χ3v) is 4.12. The van der Waals surface area contributed by atoms with Crippen LogP contribution in [0.2, 0.25) is 0 Å². The lowest BCUT2D eigenvalue weighted by molar-refractivity contribution is 0.235. The lowest BCUT2D eigenvalue weighted by Gasteiger charge is -2.16. The van der Waals surface area contributed by atoms with Gasteiger partial charge in [-0.25, -0.2) is 4.39 Å². The molecular formula is C19H23FIN3O. The molecule has 0 saturated carbocycles. The highest BCUT2D eigenvalue weighted by Gasteiger charge is 2.22. The second-order valence-corrected chi connectivity index (χ2v) is 5.94. The number of fused-ring (bicyclic) bond motifs is 1. The minimum absolute atomic E-state index is 0. The van der Waals surface area contributed by atoms with Crippen molar-refractivity contribution in [3.05, 3.63) is 65.0 Å². The first kappa shape index (κ1) is 19.5. The first-order chi connectivity index (χ1) is 11.7. The summed E-state index contributed by atoms with van der Waals surface area (Å²) in [6.07, 6.45) is 1.01.